The molecule has 5 nitrogen and oxygen atoms in total. The quantitative estimate of drug-likeness (QED) is 0.553. The van der Waals surface area contributed by atoms with Gasteiger partial charge in [0, 0.05) is 11.6 Å². The molecule has 4 rings (SSSR count). The minimum absolute atomic E-state index is 0.111. The van der Waals surface area contributed by atoms with Crippen LogP contribution < -0.4 is 5.32 Å². The Morgan fingerprint density at radius 1 is 1.09 bits per heavy atom. The lowest BCUT2D eigenvalue weighted by Gasteiger charge is -2.28. The third kappa shape index (κ3) is 4.81. The fourth-order valence-corrected chi connectivity index (χ4v) is 4.25. The molecule has 9 heteroatoms. The van der Waals surface area contributed by atoms with Gasteiger partial charge in [-0.05, 0) is 49.7 Å². The van der Waals surface area contributed by atoms with E-state index in [1.165, 1.54) is 18.2 Å². The summed E-state index contributed by atoms with van der Waals surface area (Å²) >= 11 is 5.93. The van der Waals surface area contributed by atoms with E-state index in [1.54, 1.807) is 6.07 Å². The highest BCUT2D eigenvalue weighted by Gasteiger charge is 2.40. The average Bonchev–Trinajstić information content (AvgIpc) is 3.45. The molecular formula is C23H22ClF3N4O. The van der Waals surface area contributed by atoms with Crippen LogP contribution in [0.2, 0.25) is 5.02 Å². The van der Waals surface area contributed by atoms with Crippen molar-refractivity contribution in [3.05, 3.63) is 82.6 Å². The molecule has 1 aliphatic heterocycles. The summed E-state index contributed by atoms with van der Waals surface area (Å²) in [6, 6.07) is 15.5. The van der Waals surface area contributed by atoms with Gasteiger partial charge in [0.2, 0.25) is 0 Å². The highest BCUT2D eigenvalue weighted by Crippen LogP contribution is 2.34. The number of carbonyl (C=O) groups excluding carboxylic acids is 1. The first-order valence-electron chi connectivity index (χ1n) is 10.3. The molecule has 0 saturated carbocycles. The molecule has 0 bridgehead atoms. The molecule has 3 aromatic rings. The Bertz CT molecular complexity index is 1080. The second-order valence-electron chi connectivity index (χ2n) is 7.68. The van der Waals surface area contributed by atoms with Crippen molar-refractivity contribution in [2.75, 3.05) is 19.6 Å². The maximum atomic E-state index is 13.9. The summed E-state index contributed by atoms with van der Waals surface area (Å²) in [5.41, 5.74) is -0.510. The molecule has 2 aromatic carbocycles. The van der Waals surface area contributed by atoms with Gasteiger partial charge in [-0.1, -0.05) is 48.0 Å². The number of hydrogen-bond acceptors (Lipinski definition) is 3. The summed E-state index contributed by atoms with van der Waals surface area (Å²) in [5, 5.41) is 6.82. The number of benzene rings is 2. The minimum Gasteiger partial charge on any atom is -0.350 e. The summed E-state index contributed by atoms with van der Waals surface area (Å²) in [5.74, 6) is -0.814. The number of aromatic nitrogens is 2. The number of amides is 1. The lowest BCUT2D eigenvalue weighted by Crippen LogP contribution is -2.37. The Kier molecular flexibility index (Phi) is 6.53. The first-order valence-corrected chi connectivity index (χ1v) is 10.7. The number of hydrogen-bond donors (Lipinski definition) is 1. The van der Waals surface area contributed by atoms with E-state index in [4.69, 9.17) is 11.6 Å². The predicted octanol–water partition coefficient (Wildman–Crippen LogP) is 5.11. The van der Waals surface area contributed by atoms with Gasteiger partial charge < -0.3 is 5.32 Å². The van der Waals surface area contributed by atoms with Crippen molar-refractivity contribution >= 4 is 17.5 Å². The van der Waals surface area contributed by atoms with Crippen LogP contribution in [0.15, 0.2) is 60.8 Å². The smallest absolute Gasteiger partial charge is 0.350 e. The third-order valence-electron chi connectivity index (χ3n) is 5.56. The number of carbonyl (C=O) groups is 1. The van der Waals surface area contributed by atoms with Crippen LogP contribution in [-0.2, 0) is 6.18 Å². The van der Waals surface area contributed by atoms with E-state index < -0.39 is 23.3 Å². The first kappa shape index (κ1) is 22.4. The number of halogens is 4. The van der Waals surface area contributed by atoms with Crippen LogP contribution in [0.1, 0.15) is 40.5 Å². The van der Waals surface area contributed by atoms with Crippen molar-refractivity contribution in [3.63, 3.8) is 0 Å². The minimum atomic E-state index is -4.78. The van der Waals surface area contributed by atoms with Crippen LogP contribution in [0.5, 0.6) is 0 Å². The zero-order chi connectivity index (χ0) is 22.7. The molecule has 1 atom stereocenters. The van der Waals surface area contributed by atoms with Crippen molar-refractivity contribution < 1.29 is 18.0 Å². The summed E-state index contributed by atoms with van der Waals surface area (Å²) in [6.45, 7) is 1.97. The zero-order valence-corrected chi connectivity index (χ0v) is 17.9. The van der Waals surface area contributed by atoms with Crippen molar-refractivity contribution in [2.24, 2.45) is 0 Å². The van der Waals surface area contributed by atoms with Crippen LogP contribution >= 0.6 is 11.6 Å². The largest absolute Gasteiger partial charge is 0.434 e. The van der Waals surface area contributed by atoms with Gasteiger partial charge in [0.1, 0.15) is 0 Å². The fraction of sp³-hybridized carbons (Fsp3) is 0.304. The first-order chi connectivity index (χ1) is 15.3. The Balaban J connectivity index is 1.60. The molecule has 1 fully saturated rings. The molecule has 32 heavy (non-hydrogen) atoms. The second kappa shape index (κ2) is 9.34. The highest BCUT2D eigenvalue weighted by atomic mass is 35.5. The van der Waals surface area contributed by atoms with Crippen molar-refractivity contribution in [1.82, 2.24) is 20.0 Å². The van der Waals surface area contributed by atoms with Gasteiger partial charge in [0.25, 0.3) is 5.91 Å². The van der Waals surface area contributed by atoms with Crippen molar-refractivity contribution in [1.29, 1.82) is 0 Å². The topological polar surface area (TPSA) is 50.2 Å². The Morgan fingerprint density at radius 2 is 1.81 bits per heavy atom. The van der Waals surface area contributed by atoms with E-state index in [2.05, 4.69) is 15.3 Å². The zero-order valence-electron chi connectivity index (χ0n) is 17.1. The molecule has 1 aromatic heterocycles. The van der Waals surface area contributed by atoms with Crippen LogP contribution in [0.25, 0.3) is 5.69 Å². The van der Waals surface area contributed by atoms with Crippen LogP contribution in [0, 0.1) is 0 Å². The molecule has 0 aliphatic carbocycles. The van der Waals surface area contributed by atoms with Gasteiger partial charge in [0.05, 0.1) is 23.5 Å². The predicted molar refractivity (Wildman–Crippen MR) is 116 cm³/mol. The van der Waals surface area contributed by atoms with Crippen molar-refractivity contribution in [2.45, 2.75) is 25.1 Å². The van der Waals surface area contributed by atoms with Gasteiger partial charge in [-0.15, -0.1) is 0 Å². The fourth-order valence-electron chi connectivity index (χ4n) is 4.06. The maximum absolute atomic E-state index is 13.9. The van der Waals surface area contributed by atoms with Gasteiger partial charge in [0.15, 0.2) is 5.69 Å². The second-order valence-corrected chi connectivity index (χ2v) is 8.11. The van der Waals surface area contributed by atoms with E-state index in [0.717, 1.165) is 37.7 Å². The summed E-state index contributed by atoms with van der Waals surface area (Å²) in [7, 11) is 0. The van der Waals surface area contributed by atoms with Gasteiger partial charge in [-0.2, -0.15) is 18.3 Å². The molecule has 0 radical (unpaired) electrons. The summed E-state index contributed by atoms with van der Waals surface area (Å²) < 4.78 is 42.5. The number of rotatable bonds is 6. The molecule has 1 saturated heterocycles. The van der Waals surface area contributed by atoms with Crippen LogP contribution in [-0.4, -0.2) is 40.2 Å². The number of nitrogens with one attached hydrogen (secondary N) is 1. The Hall–Kier alpha value is -2.84. The van der Waals surface area contributed by atoms with E-state index in [0.29, 0.717) is 4.68 Å². The lowest BCUT2D eigenvalue weighted by atomic mass is 10.1. The Morgan fingerprint density at radius 3 is 2.47 bits per heavy atom. The molecule has 1 N–H and O–H groups in total. The normalized spacial score (nSPS) is 15.6. The Labute approximate surface area is 188 Å². The van der Waals surface area contributed by atoms with E-state index in [-0.39, 0.29) is 23.3 Å². The maximum Gasteiger partial charge on any atom is 0.434 e. The van der Waals surface area contributed by atoms with Gasteiger partial charge in [-0.25, -0.2) is 4.68 Å². The average molecular weight is 463 g/mol. The monoisotopic (exact) mass is 462 g/mol. The summed E-state index contributed by atoms with van der Waals surface area (Å²) in [6.07, 6.45) is -1.71. The molecule has 0 spiro atoms. The molecule has 2 heterocycles. The molecular weight excluding hydrogens is 441 g/mol. The van der Waals surface area contributed by atoms with Gasteiger partial charge in [-0.3, -0.25) is 9.69 Å². The van der Waals surface area contributed by atoms with Gasteiger partial charge >= 0.3 is 6.18 Å². The highest BCUT2D eigenvalue weighted by molar-refractivity contribution is 6.30. The van der Waals surface area contributed by atoms with Crippen LogP contribution in [0.3, 0.4) is 0 Å². The molecule has 168 valence electrons. The number of likely N-dealkylation sites (tertiary alicyclic amines) is 1. The molecule has 1 amide bonds. The van der Waals surface area contributed by atoms with E-state index >= 15 is 0 Å². The number of alkyl halides is 3. The standard InChI is InChI=1S/C23H22ClF3N4O/c24-17-9-6-10-18(13-17)31-21(23(25,26)27)19(14-29-31)22(32)28-15-20(30-11-4-5-12-30)16-7-2-1-3-8-16/h1-3,6-10,13-14,20H,4-5,11-12,15H2,(H,28,32). The third-order valence-corrected chi connectivity index (χ3v) is 5.79. The van der Waals surface area contributed by atoms with E-state index in [9.17, 15) is 18.0 Å². The SMILES string of the molecule is O=C(NCC(c1ccccc1)N1CCCC1)c1cnn(-c2cccc(Cl)c2)c1C(F)(F)F. The van der Waals surface area contributed by atoms with Crippen molar-refractivity contribution in [3.8, 4) is 5.69 Å². The molecule has 1 unspecified atom stereocenters. The molecule has 1 aliphatic rings. The van der Waals surface area contributed by atoms with E-state index in [1.807, 2.05) is 30.3 Å². The lowest BCUT2D eigenvalue weighted by molar-refractivity contribution is -0.143. The number of nitrogens with zero attached hydrogens (tertiary/aromatic N) is 3. The summed E-state index contributed by atoms with van der Waals surface area (Å²) in [4.78, 5) is 15.1. The van der Waals surface area contributed by atoms with Crippen LogP contribution in [0.4, 0.5) is 13.2 Å².